The summed E-state index contributed by atoms with van der Waals surface area (Å²) in [6.07, 6.45) is 44.5. The number of hydrogen-bond acceptors (Lipinski definition) is 0. The van der Waals surface area contributed by atoms with Crippen LogP contribution in [0.3, 0.4) is 0 Å². The Morgan fingerprint density at radius 3 is 1.03 bits per heavy atom. The van der Waals surface area contributed by atoms with Crippen molar-refractivity contribution in [3.05, 3.63) is 24.3 Å². The van der Waals surface area contributed by atoms with Crippen LogP contribution in [0.15, 0.2) is 24.3 Å². The summed E-state index contributed by atoms with van der Waals surface area (Å²) in [6.45, 7) is 6.91. The Balaban J connectivity index is 3.73. The Kier molecular flexibility index (Phi) is 31.5. The summed E-state index contributed by atoms with van der Waals surface area (Å²) in [4.78, 5) is 0. The molecule has 208 valence electrons. The maximum absolute atomic E-state index is 2.56. The Labute approximate surface area is 225 Å². The Morgan fingerprint density at radius 2 is 0.657 bits per heavy atom. The second-order valence-corrected chi connectivity index (χ2v) is 14.6. The highest BCUT2D eigenvalue weighted by Crippen LogP contribution is 2.17. The first kappa shape index (κ1) is 34.7. The van der Waals surface area contributed by atoms with Gasteiger partial charge in [-0.15, -0.1) is 0 Å². The van der Waals surface area contributed by atoms with E-state index < -0.39 is 8.80 Å². The molecule has 0 aliphatic rings. The summed E-state index contributed by atoms with van der Waals surface area (Å²) in [5.74, 6) is 0. The van der Waals surface area contributed by atoms with Gasteiger partial charge in [-0.25, -0.2) is 0 Å². The van der Waals surface area contributed by atoms with E-state index in [-0.39, 0.29) is 0 Å². The molecule has 0 rings (SSSR count). The fourth-order valence-electron chi connectivity index (χ4n) is 5.15. The summed E-state index contributed by atoms with van der Waals surface area (Å²) in [5.41, 5.74) is 0. The molecule has 0 saturated heterocycles. The van der Waals surface area contributed by atoms with Crippen LogP contribution in [0, 0.1) is 0 Å². The molecule has 0 heterocycles. The second-order valence-electron chi connectivity index (χ2n) is 11.4. The maximum Gasteiger partial charge on any atom is 0.0443 e. The van der Waals surface area contributed by atoms with E-state index in [9.17, 15) is 0 Å². The molecule has 0 amide bonds. The molecule has 0 nitrogen and oxygen atoms in total. The molecule has 0 fully saturated rings. The predicted molar refractivity (Wildman–Crippen MR) is 168 cm³/mol. The zero-order valence-corrected chi connectivity index (χ0v) is 26.1. The van der Waals surface area contributed by atoms with Crippen LogP contribution in [0.4, 0.5) is 0 Å². The van der Waals surface area contributed by atoms with Gasteiger partial charge in [-0.3, -0.25) is 0 Å². The fraction of sp³-hybridized carbons (Fsp3) is 0.882. The zero-order chi connectivity index (χ0) is 25.5. The van der Waals surface area contributed by atoms with Crippen LogP contribution in [0.1, 0.15) is 175 Å². The van der Waals surface area contributed by atoms with Crippen LogP contribution in [-0.2, 0) is 0 Å². The number of hydrogen-bond donors (Lipinski definition) is 0. The minimum absolute atomic E-state index is 0.618. The molecule has 0 aromatic carbocycles. The van der Waals surface area contributed by atoms with Crippen molar-refractivity contribution >= 4 is 8.80 Å². The Bertz CT molecular complexity index is 402. The highest BCUT2D eigenvalue weighted by atomic mass is 28.3. The molecule has 0 aromatic rings. The van der Waals surface area contributed by atoms with Crippen molar-refractivity contribution in [1.29, 1.82) is 0 Å². The van der Waals surface area contributed by atoms with Gasteiger partial charge in [0.05, 0.1) is 0 Å². The summed E-state index contributed by atoms with van der Waals surface area (Å²) in [5, 5.41) is 0. The molecule has 0 N–H and O–H groups in total. The van der Waals surface area contributed by atoms with Crippen molar-refractivity contribution in [2.45, 2.75) is 193 Å². The van der Waals surface area contributed by atoms with Gasteiger partial charge in [0.15, 0.2) is 0 Å². The van der Waals surface area contributed by atoms with Gasteiger partial charge in [0, 0.05) is 8.80 Å². The van der Waals surface area contributed by atoms with Gasteiger partial charge in [-0.05, 0) is 37.8 Å². The first-order valence-electron chi connectivity index (χ1n) is 16.6. The summed E-state index contributed by atoms with van der Waals surface area (Å²) in [6, 6.07) is 4.44. The summed E-state index contributed by atoms with van der Waals surface area (Å²) in [7, 11) is -0.618. The third-order valence-corrected chi connectivity index (χ3v) is 10.8. The van der Waals surface area contributed by atoms with E-state index in [2.05, 4.69) is 45.1 Å². The standard InChI is InChI=1S/C34H68Si/c1-4-7-10-13-16-17-18-19-20-21-22-23-24-25-28-31-34-35(32-29-26-14-11-8-5-2)33-30-27-15-12-9-6-3/h26-27,29-30,35H,4-25,28,31-34H2,1-3H3/b29-26+,30-27+. The van der Waals surface area contributed by atoms with E-state index >= 15 is 0 Å². The zero-order valence-electron chi connectivity index (χ0n) is 25.0. The van der Waals surface area contributed by atoms with Crippen molar-refractivity contribution in [3.63, 3.8) is 0 Å². The second kappa shape index (κ2) is 31.7. The lowest BCUT2D eigenvalue weighted by atomic mass is 10.0. The van der Waals surface area contributed by atoms with E-state index in [0.29, 0.717) is 0 Å². The first-order chi connectivity index (χ1) is 17.3. The summed E-state index contributed by atoms with van der Waals surface area (Å²) < 4.78 is 0. The van der Waals surface area contributed by atoms with Crippen molar-refractivity contribution < 1.29 is 0 Å². The highest BCUT2D eigenvalue weighted by Gasteiger charge is 2.07. The average molecular weight is 505 g/mol. The largest absolute Gasteiger partial charge is 0.0914 e. The molecular formula is C34H68Si. The van der Waals surface area contributed by atoms with E-state index in [1.807, 2.05) is 0 Å². The monoisotopic (exact) mass is 505 g/mol. The fourth-order valence-corrected chi connectivity index (χ4v) is 7.84. The van der Waals surface area contributed by atoms with Crippen LogP contribution in [0.2, 0.25) is 18.1 Å². The van der Waals surface area contributed by atoms with Crippen LogP contribution in [0.25, 0.3) is 0 Å². The SMILES string of the molecule is CCCCC/C=C/C[SiH](C/C=C/CCCCC)CCCCCCCCCCCCCCCCCC. The molecule has 0 spiro atoms. The number of allylic oxidation sites excluding steroid dienone is 4. The molecule has 0 saturated carbocycles. The molecule has 1 heteroatoms. The molecule has 0 aliphatic heterocycles. The van der Waals surface area contributed by atoms with Gasteiger partial charge in [0.2, 0.25) is 0 Å². The van der Waals surface area contributed by atoms with Gasteiger partial charge in [-0.2, -0.15) is 0 Å². The normalized spacial score (nSPS) is 12.1. The molecule has 0 aromatic heterocycles. The molecule has 0 radical (unpaired) electrons. The smallest absolute Gasteiger partial charge is 0.0443 e. The van der Waals surface area contributed by atoms with E-state index in [1.54, 1.807) is 6.04 Å². The average Bonchev–Trinajstić information content (AvgIpc) is 2.87. The van der Waals surface area contributed by atoms with E-state index in [1.165, 1.54) is 166 Å². The Morgan fingerprint density at radius 1 is 0.343 bits per heavy atom. The number of rotatable bonds is 29. The topological polar surface area (TPSA) is 0 Å². The molecule has 0 unspecified atom stereocenters. The van der Waals surface area contributed by atoms with Crippen LogP contribution < -0.4 is 0 Å². The maximum atomic E-state index is 2.56. The molecule has 0 aliphatic carbocycles. The quantitative estimate of drug-likeness (QED) is 0.0539. The minimum atomic E-state index is -0.618. The van der Waals surface area contributed by atoms with Gasteiger partial charge in [0.25, 0.3) is 0 Å². The van der Waals surface area contributed by atoms with Crippen molar-refractivity contribution in [3.8, 4) is 0 Å². The molecular weight excluding hydrogens is 436 g/mol. The lowest BCUT2D eigenvalue weighted by molar-refractivity contribution is 0.531. The van der Waals surface area contributed by atoms with E-state index in [0.717, 1.165) is 0 Å². The molecule has 0 atom stereocenters. The van der Waals surface area contributed by atoms with Crippen LogP contribution >= 0.6 is 0 Å². The van der Waals surface area contributed by atoms with Crippen LogP contribution in [-0.4, -0.2) is 8.80 Å². The summed E-state index contributed by atoms with van der Waals surface area (Å²) >= 11 is 0. The molecule has 0 bridgehead atoms. The number of unbranched alkanes of at least 4 members (excludes halogenated alkanes) is 21. The first-order valence-corrected chi connectivity index (χ1v) is 19.1. The third kappa shape index (κ3) is 29.8. The van der Waals surface area contributed by atoms with Gasteiger partial charge in [0.1, 0.15) is 0 Å². The minimum Gasteiger partial charge on any atom is -0.0914 e. The predicted octanol–water partition coefficient (Wildman–Crippen LogP) is 12.7. The van der Waals surface area contributed by atoms with Gasteiger partial charge >= 0.3 is 0 Å². The van der Waals surface area contributed by atoms with Crippen molar-refractivity contribution in [2.75, 3.05) is 0 Å². The van der Waals surface area contributed by atoms with Gasteiger partial charge < -0.3 is 0 Å². The third-order valence-electron chi connectivity index (χ3n) is 7.69. The lowest BCUT2D eigenvalue weighted by Gasteiger charge is -2.11. The highest BCUT2D eigenvalue weighted by molar-refractivity contribution is 6.59. The van der Waals surface area contributed by atoms with Crippen LogP contribution in [0.5, 0.6) is 0 Å². The van der Waals surface area contributed by atoms with E-state index in [4.69, 9.17) is 0 Å². The lowest BCUT2D eigenvalue weighted by Crippen LogP contribution is -2.09. The van der Waals surface area contributed by atoms with Crippen molar-refractivity contribution in [2.24, 2.45) is 0 Å². The Hall–Kier alpha value is -0.303. The van der Waals surface area contributed by atoms with Gasteiger partial charge in [-0.1, -0.05) is 180 Å². The molecule has 35 heavy (non-hydrogen) atoms. The van der Waals surface area contributed by atoms with Crippen molar-refractivity contribution in [1.82, 2.24) is 0 Å².